The van der Waals surface area contributed by atoms with Crippen LogP contribution in [0.15, 0.2) is 36.7 Å². The Labute approximate surface area is 181 Å². The fourth-order valence-electron chi connectivity index (χ4n) is 3.64. The summed E-state index contributed by atoms with van der Waals surface area (Å²) >= 11 is 0. The maximum Gasteiger partial charge on any atom is 0.277 e. The molecule has 0 spiro atoms. The quantitative estimate of drug-likeness (QED) is 0.530. The first-order valence-electron chi connectivity index (χ1n) is 10.8. The van der Waals surface area contributed by atoms with Gasteiger partial charge in [-0.1, -0.05) is 17.3 Å². The molecule has 1 aliphatic rings. The number of amides is 1. The summed E-state index contributed by atoms with van der Waals surface area (Å²) in [5.41, 5.74) is 2.92. The van der Waals surface area contributed by atoms with E-state index < -0.39 is 6.29 Å². The van der Waals surface area contributed by atoms with Gasteiger partial charge in [-0.15, -0.1) is 5.10 Å². The number of hydrogen-bond acceptors (Lipinski definition) is 6. The number of aryl methyl sites for hydroxylation is 2. The number of benzene rings is 1. The molecule has 1 aliphatic heterocycles. The lowest BCUT2D eigenvalue weighted by Gasteiger charge is -2.16. The molecule has 0 fully saturated rings. The molecule has 3 aromatic rings. The average Bonchev–Trinajstić information content (AvgIpc) is 3.42. The summed E-state index contributed by atoms with van der Waals surface area (Å²) in [6.07, 6.45) is 6.71. The number of imidazole rings is 1. The van der Waals surface area contributed by atoms with Gasteiger partial charge in [0.05, 0.1) is 18.4 Å². The minimum Gasteiger partial charge on any atom is -0.351 e. The topological polar surface area (TPSA) is 96.1 Å². The van der Waals surface area contributed by atoms with Crippen molar-refractivity contribution in [3.63, 3.8) is 0 Å². The number of carbonyl (C=O) groups excluding carboxylic acids is 1. The van der Waals surface area contributed by atoms with Gasteiger partial charge in [-0.25, -0.2) is 9.67 Å². The van der Waals surface area contributed by atoms with Crippen LogP contribution in [-0.2, 0) is 29.0 Å². The molecule has 9 nitrogen and oxygen atoms in total. The van der Waals surface area contributed by atoms with E-state index in [0.29, 0.717) is 25.4 Å². The molecule has 0 bridgehead atoms. The van der Waals surface area contributed by atoms with Crippen LogP contribution in [0, 0.1) is 0 Å². The van der Waals surface area contributed by atoms with Crippen molar-refractivity contribution in [2.75, 3.05) is 18.5 Å². The standard InChI is InChI=1S/C22H28N6O3/c1-3-30-21(31-4-2)15-28-14-19(25-26-28)22(29)23-17-10-8-16(9-11-17)18-13-27-12-6-5-7-20(27)24-18/h8-11,13-14,21H,3-7,12,15H2,1-2H3,(H,23,29). The van der Waals surface area contributed by atoms with Gasteiger partial charge in [0, 0.05) is 43.6 Å². The highest BCUT2D eigenvalue weighted by Crippen LogP contribution is 2.24. The van der Waals surface area contributed by atoms with Crippen molar-refractivity contribution >= 4 is 11.6 Å². The van der Waals surface area contributed by atoms with Crippen LogP contribution in [0.1, 0.15) is 43.0 Å². The number of aromatic nitrogens is 5. The third-order valence-corrected chi connectivity index (χ3v) is 5.16. The van der Waals surface area contributed by atoms with Crippen LogP contribution in [-0.4, -0.2) is 50.0 Å². The van der Waals surface area contributed by atoms with Gasteiger partial charge in [-0.05, 0) is 38.8 Å². The Kier molecular flexibility index (Phi) is 6.73. The Morgan fingerprint density at radius 2 is 1.90 bits per heavy atom. The third kappa shape index (κ3) is 5.18. The van der Waals surface area contributed by atoms with Gasteiger partial charge in [0.15, 0.2) is 12.0 Å². The number of carbonyl (C=O) groups is 1. The molecular formula is C22H28N6O3. The highest BCUT2D eigenvalue weighted by atomic mass is 16.7. The van der Waals surface area contributed by atoms with Gasteiger partial charge in [-0.3, -0.25) is 4.79 Å². The summed E-state index contributed by atoms with van der Waals surface area (Å²) in [6, 6.07) is 7.68. The van der Waals surface area contributed by atoms with E-state index in [9.17, 15) is 4.79 Å². The van der Waals surface area contributed by atoms with E-state index in [1.807, 2.05) is 38.1 Å². The lowest BCUT2D eigenvalue weighted by atomic mass is 10.1. The van der Waals surface area contributed by atoms with Gasteiger partial charge < -0.3 is 19.4 Å². The van der Waals surface area contributed by atoms with Crippen molar-refractivity contribution in [1.82, 2.24) is 24.5 Å². The van der Waals surface area contributed by atoms with Gasteiger partial charge in [0.2, 0.25) is 0 Å². The molecule has 0 saturated carbocycles. The van der Waals surface area contributed by atoms with Crippen LogP contribution in [0.25, 0.3) is 11.3 Å². The van der Waals surface area contributed by atoms with Crippen LogP contribution in [0.3, 0.4) is 0 Å². The largest absolute Gasteiger partial charge is 0.351 e. The molecule has 1 aromatic carbocycles. The highest BCUT2D eigenvalue weighted by molar-refractivity contribution is 6.02. The number of nitrogens with one attached hydrogen (secondary N) is 1. The van der Waals surface area contributed by atoms with Gasteiger partial charge in [0.1, 0.15) is 5.82 Å². The lowest BCUT2D eigenvalue weighted by Crippen LogP contribution is -2.24. The summed E-state index contributed by atoms with van der Waals surface area (Å²) in [5.74, 6) is 0.832. The molecule has 0 aliphatic carbocycles. The monoisotopic (exact) mass is 424 g/mol. The predicted molar refractivity (Wildman–Crippen MR) is 116 cm³/mol. The fourth-order valence-corrected chi connectivity index (χ4v) is 3.64. The normalized spacial score (nSPS) is 13.4. The van der Waals surface area contributed by atoms with Crippen molar-refractivity contribution < 1.29 is 14.3 Å². The Balaban J connectivity index is 1.37. The Morgan fingerprint density at radius 1 is 1.13 bits per heavy atom. The van der Waals surface area contributed by atoms with Crippen LogP contribution >= 0.6 is 0 Å². The van der Waals surface area contributed by atoms with Crippen molar-refractivity contribution in [1.29, 1.82) is 0 Å². The number of anilines is 1. The third-order valence-electron chi connectivity index (χ3n) is 5.16. The summed E-state index contributed by atoms with van der Waals surface area (Å²) in [5, 5.41) is 10.8. The first-order valence-corrected chi connectivity index (χ1v) is 10.8. The van der Waals surface area contributed by atoms with Crippen molar-refractivity contribution in [2.24, 2.45) is 0 Å². The van der Waals surface area contributed by atoms with E-state index >= 15 is 0 Å². The first-order chi connectivity index (χ1) is 15.2. The molecule has 2 aromatic heterocycles. The highest BCUT2D eigenvalue weighted by Gasteiger charge is 2.16. The molecule has 0 saturated heterocycles. The van der Waals surface area contributed by atoms with Crippen molar-refractivity contribution in [2.45, 2.75) is 52.5 Å². The minimum atomic E-state index is -0.422. The number of ether oxygens (including phenoxy) is 2. The second kappa shape index (κ2) is 9.84. The molecule has 0 radical (unpaired) electrons. The second-order valence-corrected chi connectivity index (χ2v) is 7.39. The number of fused-ring (bicyclic) bond motifs is 1. The molecule has 164 valence electrons. The molecule has 9 heteroatoms. The lowest BCUT2D eigenvalue weighted by molar-refractivity contribution is -0.145. The molecule has 0 atom stereocenters. The molecule has 4 rings (SSSR count). The SMILES string of the molecule is CCOC(Cn1cc(C(=O)Nc2ccc(-c3cn4c(n3)CCCC4)cc2)nn1)OCC. The number of rotatable bonds is 9. The van der Waals surface area contributed by atoms with E-state index in [1.165, 1.54) is 12.8 Å². The maximum atomic E-state index is 12.5. The minimum absolute atomic E-state index is 0.234. The van der Waals surface area contributed by atoms with Crippen LogP contribution in [0.4, 0.5) is 5.69 Å². The van der Waals surface area contributed by atoms with Gasteiger partial charge in [-0.2, -0.15) is 0 Å². The summed E-state index contributed by atoms with van der Waals surface area (Å²) < 4.78 is 14.8. The number of hydrogen-bond donors (Lipinski definition) is 1. The predicted octanol–water partition coefficient (Wildman–Crippen LogP) is 3.13. The van der Waals surface area contributed by atoms with E-state index in [4.69, 9.17) is 14.5 Å². The zero-order valence-corrected chi connectivity index (χ0v) is 18.0. The molecule has 1 N–H and O–H groups in total. The van der Waals surface area contributed by atoms with Crippen molar-refractivity contribution in [3.8, 4) is 11.3 Å². The number of nitrogens with zero attached hydrogens (tertiary/aromatic N) is 5. The van der Waals surface area contributed by atoms with Crippen LogP contribution in [0.2, 0.25) is 0 Å². The van der Waals surface area contributed by atoms with Crippen LogP contribution < -0.4 is 5.32 Å². The van der Waals surface area contributed by atoms with E-state index in [0.717, 1.165) is 30.0 Å². The smallest absolute Gasteiger partial charge is 0.277 e. The molecular weight excluding hydrogens is 396 g/mol. The van der Waals surface area contributed by atoms with Crippen LogP contribution in [0.5, 0.6) is 0 Å². The summed E-state index contributed by atoms with van der Waals surface area (Å²) in [4.78, 5) is 17.3. The maximum absolute atomic E-state index is 12.5. The Morgan fingerprint density at radius 3 is 2.61 bits per heavy atom. The summed E-state index contributed by atoms with van der Waals surface area (Å²) in [7, 11) is 0. The fraction of sp³-hybridized carbons (Fsp3) is 0.455. The molecule has 0 unspecified atom stereocenters. The van der Waals surface area contributed by atoms with Gasteiger partial charge in [0.25, 0.3) is 5.91 Å². The zero-order valence-electron chi connectivity index (χ0n) is 18.0. The van der Waals surface area contributed by atoms with E-state index in [2.05, 4.69) is 26.4 Å². The zero-order chi connectivity index (χ0) is 21.6. The average molecular weight is 425 g/mol. The van der Waals surface area contributed by atoms with Gasteiger partial charge >= 0.3 is 0 Å². The van der Waals surface area contributed by atoms with Crippen molar-refractivity contribution in [3.05, 3.63) is 48.2 Å². The molecule has 3 heterocycles. The second-order valence-electron chi connectivity index (χ2n) is 7.39. The molecule has 1 amide bonds. The molecule has 31 heavy (non-hydrogen) atoms. The van der Waals surface area contributed by atoms with E-state index in [1.54, 1.807) is 10.9 Å². The Bertz CT molecular complexity index is 981. The summed E-state index contributed by atoms with van der Waals surface area (Å²) in [6.45, 7) is 6.27. The Hall–Kier alpha value is -3.04. The first kappa shape index (κ1) is 21.2. The van der Waals surface area contributed by atoms with E-state index in [-0.39, 0.29) is 11.6 Å².